The number of carbonyl (C=O) groups excluding carboxylic acids is 1. The Hall–Kier alpha value is -2.66. The van der Waals surface area contributed by atoms with E-state index in [4.69, 9.17) is 9.47 Å². The van der Waals surface area contributed by atoms with Crippen LogP contribution in [0.4, 0.5) is 5.69 Å². The van der Waals surface area contributed by atoms with E-state index in [-0.39, 0.29) is 12.0 Å². The Kier molecular flexibility index (Phi) is 5.58. The highest BCUT2D eigenvalue weighted by Gasteiger charge is 2.15. The summed E-state index contributed by atoms with van der Waals surface area (Å²) in [6, 6.07) is 12.9. The Morgan fingerprint density at radius 2 is 2.29 bits per heavy atom. The summed E-state index contributed by atoms with van der Waals surface area (Å²) in [5, 5.41) is 2.82. The van der Waals surface area contributed by atoms with E-state index in [0.717, 1.165) is 30.9 Å². The highest BCUT2D eigenvalue weighted by molar-refractivity contribution is 6.01. The molecule has 0 saturated carbocycles. The molecule has 5 heteroatoms. The molecule has 0 aliphatic carbocycles. The minimum Gasteiger partial charge on any atom is -0.491 e. The number of carbonyl (C=O) groups is 1. The van der Waals surface area contributed by atoms with Gasteiger partial charge in [0, 0.05) is 30.6 Å². The first-order chi connectivity index (χ1) is 11.8. The molecule has 1 fully saturated rings. The van der Waals surface area contributed by atoms with Crippen LogP contribution in [-0.2, 0) is 9.53 Å². The molecule has 24 heavy (non-hydrogen) atoms. The summed E-state index contributed by atoms with van der Waals surface area (Å²) in [5.74, 6) is 0.508. The van der Waals surface area contributed by atoms with Crippen LogP contribution in [0.1, 0.15) is 18.5 Å². The lowest BCUT2D eigenvalue weighted by Crippen LogP contribution is -2.16. The quantitative estimate of drug-likeness (QED) is 0.828. The molecule has 2 heterocycles. The normalized spacial score (nSPS) is 17.1. The zero-order valence-electron chi connectivity index (χ0n) is 13.4. The number of pyridine rings is 1. The Labute approximate surface area is 141 Å². The van der Waals surface area contributed by atoms with Crippen molar-refractivity contribution in [2.45, 2.75) is 18.9 Å². The van der Waals surface area contributed by atoms with Crippen molar-refractivity contribution in [2.75, 3.05) is 18.5 Å². The first kappa shape index (κ1) is 16.2. The molecule has 2 aromatic rings. The molecule has 124 valence electrons. The standard InChI is InChI=1S/C19H20N2O3/c22-19(10-9-15-5-1-2-11-20-15)21-16-6-3-7-17(13-16)24-14-18-8-4-12-23-18/h1-3,5-7,9-11,13,18H,4,8,12,14H2,(H,21,22)/b10-9+. The molecular formula is C19H20N2O3. The van der Waals surface area contributed by atoms with Gasteiger partial charge in [0.15, 0.2) is 0 Å². The maximum atomic E-state index is 12.0. The highest BCUT2D eigenvalue weighted by Crippen LogP contribution is 2.19. The molecule has 1 saturated heterocycles. The Balaban J connectivity index is 1.53. The van der Waals surface area contributed by atoms with Crippen molar-refractivity contribution in [1.82, 2.24) is 4.98 Å². The molecule has 1 aliphatic heterocycles. The third-order valence-corrected chi connectivity index (χ3v) is 3.65. The SMILES string of the molecule is O=C(/C=C/c1ccccn1)Nc1cccc(OCC2CCCO2)c1. The zero-order valence-corrected chi connectivity index (χ0v) is 13.4. The Morgan fingerprint density at radius 3 is 3.08 bits per heavy atom. The monoisotopic (exact) mass is 324 g/mol. The van der Waals surface area contributed by atoms with E-state index in [2.05, 4.69) is 10.3 Å². The van der Waals surface area contributed by atoms with Gasteiger partial charge in [-0.3, -0.25) is 9.78 Å². The average Bonchev–Trinajstić information content (AvgIpc) is 3.13. The van der Waals surface area contributed by atoms with Crippen LogP contribution in [0.15, 0.2) is 54.7 Å². The maximum absolute atomic E-state index is 12.0. The van der Waals surface area contributed by atoms with Gasteiger partial charge in [-0.05, 0) is 43.2 Å². The summed E-state index contributed by atoms with van der Waals surface area (Å²) in [4.78, 5) is 16.1. The first-order valence-corrected chi connectivity index (χ1v) is 8.04. The van der Waals surface area contributed by atoms with Gasteiger partial charge in [0.2, 0.25) is 5.91 Å². The third-order valence-electron chi connectivity index (χ3n) is 3.65. The molecule has 0 radical (unpaired) electrons. The van der Waals surface area contributed by atoms with Gasteiger partial charge in [-0.25, -0.2) is 0 Å². The lowest BCUT2D eigenvalue weighted by molar-refractivity contribution is -0.111. The summed E-state index contributed by atoms with van der Waals surface area (Å²) in [7, 11) is 0. The minimum atomic E-state index is -0.211. The number of nitrogens with one attached hydrogen (secondary N) is 1. The van der Waals surface area contributed by atoms with Crippen LogP contribution in [0, 0.1) is 0 Å². The predicted molar refractivity (Wildman–Crippen MR) is 92.8 cm³/mol. The average molecular weight is 324 g/mol. The van der Waals surface area contributed by atoms with Gasteiger partial charge in [0.1, 0.15) is 12.4 Å². The van der Waals surface area contributed by atoms with E-state index < -0.39 is 0 Å². The second kappa shape index (κ2) is 8.26. The highest BCUT2D eigenvalue weighted by atomic mass is 16.5. The number of amides is 1. The Morgan fingerprint density at radius 1 is 1.33 bits per heavy atom. The van der Waals surface area contributed by atoms with Crippen LogP contribution in [0.5, 0.6) is 5.75 Å². The molecule has 3 rings (SSSR count). The zero-order chi connectivity index (χ0) is 16.6. The fraction of sp³-hybridized carbons (Fsp3) is 0.263. The van der Waals surface area contributed by atoms with Gasteiger partial charge >= 0.3 is 0 Å². The maximum Gasteiger partial charge on any atom is 0.248 e. The molecule has 5 nitrogen and oxygen atoms in total. The number of benzene rings is 1. The second-order valence-corrected chi connectivity index (χ2v) is 5.55. The van der Waals surface area contributed by atoms with Gasteiger partial charge in [-0.2, -0.15) is 0 Å². The molecule has 0 bridgehead atoms. The number of hydrogen-bond acceptors (Lipinski definition) is 4. The largest absolute Gasteiger partial charge is 0.491 e. The fourth-order valence-corrected chi connectivity index (χ4v) is 2.45. The van der Waals surface area contributed by atoms with Crippen molar-refractivity contribution >= 4 is 17.7 Å². The van der Waals surface area contributed by atoms with E-state index >= 15 is 0 Å². The summed E-state index contributed by atoms with van der Waals surface area (Å²) < 4.78 is 11.3. The van der Waals surface area contributed by atoms with E-state index in [0.29, 0.717) is 12.3 Å². The fourth-order valence-electron chi connectivity index (χ4n) is 2.45. The van der Waals surface area contributed by atoms with Gasteiger partial charge in [-0.15, -0.1) is 0 Å². The number of anilines is 1. The summed E-state index contributed by atoms with van der Waals surface area (Å²) in [6.07, 6.45) is 7.12. The van der Waals surface area contributed by atoms with Crippen LogP contribution >= 0.6 is 0 Å². The molecular weight excluding hydrogens is 304 g/mol. The number of rotatable bonds is 6. The van der Waals surface area contributed by atoms with Gasteiger partial charge in [0.25, 0.3) is 0 Å². The van der Waals surface area contributed by atoms with Crippen LogP contribution in [0.2, 0.25) is 0 Å². The van der Waals surface area contributed by atoms with Crippen molar-refractivity contribution in [1.29, 1.82) is 0 Å². The first-order valence-electron chi connectivity index (χ1n) is 8.04. The summed E-state index contributed by atoms with van der Waals surface area (Å²) >= 11 is 0. The number of ether oxygens (including phenoxy) is 2. The summed E-state index contributed by atoms with van der Waals surface area (Å²) in [5.41, 5.74) is 1.43. The Bertz CT molecular complexity index is 695. The minimum absolute atomic E-state index is 0.171. The topological polar surface area (TPSA) is 60.5 Å². The molecule has 1 aliphatic rings. The number of hydrogen-bond donors (Lipinski definition) is 1. The van der Waals surface area contributed by atoms with Crippen LogP contribution in [0.25, 0.3) is 6.08 Å². The molecule has 1 aromatic heterocycles. The van der Waals surface area contributed by atoms with Crippen molar-refractivity contribution in [3.05, 3.63) is 60.4 Å². The molecule has 1 N–H and O–H groups in total. The lowest BCUT2D eigenvalue weighted by atomic mass is 10.2. The predicted octanol–water partition coefficient (Wildman–Crippen LogP) is 3.29. The van der Waals surface area contributed by atoms with Crippen LogP contribution in [-0.4, -0.2) is 30.2 Å². The van der Waals surface area contributed by atoms with E-state index in [9.17, 15) is 4.79 Å². The molecule has 1 amide bonds. The van der Waals surface area contributed by atoms with Gasteiger partial charge in [-0.1, -0.05) is 12.1 Å². The number of aromatic nitrogens is 1. The molecule has 0 spiro atoms. The van der Waals surface area contributed by atoms with Gasteiger partial charge in [0.05, 0.1) is 11.8 Å². The van der Waals surface area contributed by atoms with Crippen molar-refractivity contribution in [2.24, 2.45) is 0 Å². The molecule has 1 atom stereocenters. The van der Waals surface area contributed by atoms with Crippen molar-refractivity contribution < 1.29 is 14.3 Å². The van der Waals surface area contributed by atoms with Crippen LogP contribution in [0.3, 0.4) is 0 Å². The van der Waals surface area contributed by atoms with E-state index in [1.807, 2.05) is 42.5 Å². The smallest absolute Gasteiger partial charge is 0.248 e. The second-order valence-electron chi connectivity index (χ2n) is 5.55. The van der Waals surface area contributed by atoms with Gasteiger partial charge < -0.3 is 14.8 Å². The summed E-state index contributed by atoms with van der Waals surface area (Å²) in [6.45, 7) is 1.35. The van der Waals surface area contributed by atoms with Crippen molar-refractivity contribution in [3.63, 3.8) is 0 Å². The lowest BCUT2D eigenvalue weighted by Gasteiger charge is -2.12. The molecule has 1 aromatic carbocycles. The third kappa shape index (κ3) is 4.93. The van der Waals surface area contributed by atoms with Crippen LogP contribution < -0.4 is 10.1 Å². The van der Waals surface area contributed by atoms with E-state index in [1.165, 1.54) is 6.08 Å². The van der Waals surface area contributed by atoms with Crippen molar-refractivity contribution in [3.8, 4) is 5.75 Å². The molecule has 1 unspecified atom stereocenters. The van der Waals surface area contributed by atoms with E-state index in [1.54, 1.807) is 12.3 Å². The number of nitrogens with zero attached hydrogens (tertiary/aromatic N) is 1.